The second kappa shape index (κ2) is 10.4. The molecule has 1 aromatic carbocycles. The number of nitrogens with one attached hydrogen (secondary N) is 2. The summed E-state index contributed by atoms with van der Waals surface area (Å²) in [5.74, 6) is 1.31. The van der Waals surface area contributed by atoms with Crippen LogP contribution in [0.2, 0.25) is 5.02 Å². The van der Waals surface area contributed by atoms with Crippen LogP contribution in [-0.2, 0) is 4.74 Å². The number of hydrogen-bond donors (Lipinski definition) is 2. The summed E-state index contributed by atoms with van der Waals surface area (Å²) in [7, 11) is 1.79. The average molecular weight is 507 g/mol. The number of nitrogens with zero attached hydrogens (tertiary/aromatic N) is 2. The minimum absolute atomic E-state index is 0. The predicted octanol–water partition coefficient (Wildman–Crippen LogP) is 3.60. The van der Waals surface area contributed by atoms with Crippen molar-refractivity contribution >= 4 is 47.6 Å². The minimum atomic E-state index is -0.212. The zero-order valence-electron chi connectivity index (χ0n) is 15.8. The summed E-state index contributed by atoms with van der Waals surface area (Å²) in [4.78, 5) is 17.9. The molecule has 2 atom stereocenters. The van der Waals surface area contributed by atoms with E-state index in [4.69, 9.17) is 16.3 Å². The van der Waals surface area contributed by atoms with E-state index in [0.29, 0.717) is 37.7 Å². The molecule has 1 aliphatic heterocycles. The van der Waals surface area contributed by atoms with E-state index in [1.165, 1.54) is 5.56 Å². The van der Waals surface area contributed by atoms with Gasteiger partial charge in [0.25, 0.3) is 0 Å². The molecule has 1 heterocycles. The maximum Gasteiger partial charge on any atom is 0.409 e. The number of amides is 1. The third-order valence-corrected chi connectivity index (χ3v) is 5.21. The Morgan fingerprint density at radius 3 is 2.70 bits per heavy atom. The van der Waals surface area contributed by atoms with Crippen molar-refractivity contribution in [2.75, 3.05) is 26.7 Å². The average Bonchev–Trinajstić information content (AvgIpc) is 3.41. The van der Waals surface area contributed by atoms with Gasteiger partial charge in [-0.2, -0.15) is 0 Å². The highest BCUT2D eigenvalue weighted by atomic mass is 127. The van der Waals surface area contributed by atoms with E-state index in [1.807, 2.05) is 25.1 Å². The molecular formula is C19H28ClIN4O2. The van der Waals surface area contributed by atoms with Crippen LogP contribution in [-0.4, -0.2) is 55.8 Å². The molecule has 2 N–H and O–H groups in total. The second-order valence-corrected chi connectivity index (χ2v) is 7.26. The number of hydrogen-bond acceptors (Lipinski definition) is 3. The number of likely N-dealkylation sites (tertiary alicyclic amines) is 1. The van der Waals surface area contributed by atoms with E-state index in [0.717, 1.165) is 30.2 Å². The molecule has 27 heavy (non-hydrogen) atoms. The normalized spacial score (nSPS) is 22.6. The fraction of sp³-hybridized carbons (Fsp3) is 0.579. The summed E-state index contributed by atoms with van der Waals surface area (Å²) < 4.78 is 5.06. The Hall–Kier alpha value is -1.22. The van der Waals surface area contributed by atoms with E-state index in [2.05, 4.69) is 21.7 Å². The fourth-order valence-corrected chi connectivity index (χ4v) is 3.62. The van der Waals surface area contributed by atoms with Gasteiger partial charge in [0, 0.05) is 43.2 Å². The number of carbonyl (C=O) groups is 1. The van der Waals surface area contributed by atoms with Crippen molar-refractivity contribution in [1.82, 2.24) is 15.5 Å². The Morgan fingerprint density at radius 1 is 1.33 bits per heavy atom. The first-order valence-corrected chi connectivity index (χ1v) is 9.65. The van der Waals surface area contributed by atoms with Gasteiger partial charge in [0.1, 0.15) is 0 Å². The van der Waals surface area contributed by atoms with Gasteiger partial charge >= 0.3 is 6.09 Å². The van der Waals surface area contributed by atoms with Gasteiger partial charge in [0.05, 0.1) is 6.61 Å². The SMILES string of the molecule is CCOC(=O)N1CCC(NC(=NC)NC2CC2c2cccc(Cl)c2)CC1.I. The highest BCUT2D eigenvalue weighted by molar-refractivity contribution is 14.0. The van der Waals surface area contributed by atoms with Crippen molar-refractivity contribution in [3.8, 4) is 0 Å². The zero-order valence-corrected chi connectivity index (χ0v) is 18.9. The number of ether oxygens (including phenoxy) is 1. The summed E-state index contributed by atoms with van der Waals surface area (Å²) in [6.07, 6.45) is 2.65. The largest absolute Gasteiger partial charge is 0.450 e. The minimum Gasteiger partial charge on any atom is -0.450 e. The lowest BCUT2D eigenvalue weighted by Gasteiger charge is -2.32. The van der Waals surface area contributed by atoms with Crippen LogP contribution >= 0.6 is 35.6 Å². The zero-order chi connectivity index (χ0) is 18.5. The van der Waals surface area contributed by atoms with Gasteiger partial charge in [0.2, 0.25) is 0 Å². The molecule has 1 aliphatic carbocycles. The summed E-state index contributed by atoms with van der Waals surface area (Å²) >= 11 is 6.09. The van der Waals surface area contributed by atoms with Crippen LogP contribution in [0.25, 0.3) is 0 Å². The van der Waals surface area contributed by atoms with Gasteiger partial charge in [-0.15, -0.1) is 24.0 Å². The summed E-state index contributed by atoms with van der Waals surface area (Å²) in [6, 6.07) is 8.76. The molecule has 1 saturated carbocycles. The topological polar surface area (TPSA) is 66.0 Å². The Labute approximate surface area is 183 Å². The van der Waals surface area contributed by atoms with Crippen LogP contribution in [0.3, 0.4) is 0 Å². The van der Waals surface area contributed by atoms with E-state index in [1.54, 1.807) is 11.9 Å². The molecule has 2 unspecified atom stereocenters. The highest BCUT2D eigenvalue weighted by Gasteiger charge is 2.39. The van der Waals surface area contributed by atoms with Crippen molar-refractivity contribution in [2.45, 2.75) is 44.2 Å². The summed E-state index contributed by atoms with van der Waals surface area (Å²) in [6.45, 7) is 3.67. The summed E-state index contributed by atoms with van der Waals surface area (Å²) in [5.41, 5.74) is 1.27. The molecule has 0 bridgehead atoms. The molecule has 0 aromatic heterocycles. The molecular weight excluding hydrogens is 479 g/mol. The van der Waals surface area contributed by atoms with Crippen LogP contribution in [0.4, 0.5) is 4.79 Å². The lowest BCUT2D eigenvalue weighted by Crippen LogP contribution is -2.50. The Morgan fingerprint density at radius 2 is 2.07 bits per heavy atom. The number of carbonyl (C=O) groups excluding carboxylic acids is 1. The van der Waals surface area contributed by atoms with Gasteiger partial charge in [0.15, 0.2) is 5.96 Å². The molecule has 0 radical (unpaired) electrons. The first-order chi connectivity index (χ1) is 12.6. The highest BCUT2D eigenvalue weighted by Crippen LogP contribution is 2.41. The molecule has 150 valence electrons. The van der Waals surface area contributed by atoms with Crippen molar-refractivity contribution in [2.24, 2.45) is 4.99 Å². The van der Waals surface area contributed by atoms with Gasteiger partial charge in [-0.05, 0) is 43.9 Å². The second-order valence-electron chi connectivity index (χ2n) is 6.82. The van der Waals surface area contributed by atoms with Crippen molar-refractivity contribution in [3.05, 3.63) is 34.9 Å². The number of benzene rings is 1. The molecule has 1 aromatic rings. The van der Waals surface area contributed by atoms with E-state index in [-0.39, 0.29) is 30.1 Å². The van der Waals surface area contributed by atoms with Crippen molar-refractivity contribution in [1.29, 1.82) is 0 Å². The van der Waals surface area contributed by atoms with E-state index < -0.39 is 0 Å². The molecule has 2 fully saturated rings. The molecule has 1 amide bonds. The van der Waals surface area contributed by atoms with Crippen LogP contribution in [0.5, 0.6) is 0 Å². The van der Waals surface area contributed by atoms with Gasteiger partial charge in [-0.25, -0.2) is 4.79 Å². The van der Waals surface area contributed by atoms with Crippen LogP contribution in [0, 0.1) is 0 Å². The Kier molecular flexibility index (Phi) is 8.47. The van der Waals surface area contributed by atoms with E-state index >= 15 is 0 Å². The molecule has 0 spiro atoms. The van der Waals surface area contributed by atoms with E-state index in [9.17, 15) is 4.79 Å². The first kappa shape index (κ1) is 22.1. The maximum atomic E-state index is 11.8. The monoisotopic (exact) mass is 506 g/mol. The van der Waals surface area contributed by atoms with Crippen LogP contribution in [0.1, 0.15) is 37.7 Å². The smallest absolute Gasteiger partial charge is 0.409 e. The van der Waals surface area contributed by atoms with Gasteiger partial charge in [-0.1, -0.05) is 23.7 Å². The number of piperidine rings is 1. The summed E-state index contributed by atoms with van der Waals surface area (Å²) in [5, 5.41) is 7.77. The Balaban J connectivity index is 0.00000261. The first-order valence-electron chi connectivity index (χ1n) is 9.27. The number of rotatable bonds is 4. The fourth-order valence-electron chi connectivity index (χ4n) is 3.42. The predicted molar refractivity (Wildman–Crippen MR) is 119 cm³/mol. The number of guanidine groups is 1. The molecule has 6 nitrogen and oxygen atoms in total. The van der Waals surface area contributed by atoms with Gasteiger partial charge < -0.3 is 20.3 Å². The molecule has 3 rings (SSSR count). The van der Waals surface area contributed by atoms with Gasteiger partial charge in [-0.3, -0.25) is 4.99 Å². The lowest BCUT2D eigenvalue weighted by molar-refractivity contribution is 0.0963. The number of aliphatic imine (C=N–C) groups is 1. The third-order valence-electron chi connectivity index (χ3n) is 4.97. The van der Waals surface area contributed by atoms with Crippen molar-refractivity contribution in [3.63, 3.8) is 0 Å². The molecule has 2 aliphatic rings. The lowest BCUT2D eigenvalue weighted by atomic mass is 10.1. The molecule has 1 saturated heterocycles. The van der Waals surface area contributed by atoms with Crippen LogP contribution < -0.4 is 10.6 Å². The standard InChI is InChI=1S/C19H27ClN4O2.HI/c1-3-26-19(25)24-9-7-15(8-10-24)22-18(21-2)23-17-12-16(17)13-5-4-6-14(20)11-13;/h4-6,11,15-17H,3,7-10,12H2,1-2H3,(H2,21,22,23);1H. The Bertz CT molecular complexity index is 665. The molecule has 8 heteroatoms. The van der Waals surface area contributed by atoms with Crippen molar-refractivity contribution < 1.29 is 9.53 Å². The maximum absolute atomic E-state index is 11.8. The van der Waals surface area contributed by atoms with Crippen LogP contribution in [0.15, 0.2) is 29.3 Å². The third kappa shape index (κ3) is 6.14. The quantitative estimate of drug-likeness (QED) is 0.372. The number of halogens is 2.